The van der Waals surface area contributed by atoms with Crippen molar-refractivity contribution in [3.05, 3.63) is 36.0 Å². The number of aromatic amines is 1. The van der Waals surface area contributed by atoms with Gasteiger partial charge in [-0.15, -0.1) is 0 Å². The quantitative estimate of drug-likeness (QED) is 0.777. The topological polar surface area (TPSA) is 36.0 Å². The molecule has 0 saturated heterocycles. The lowest BCUT2D eigenvalue weighted by Gasteiger charge is -2.06. The molecule has 3 heteroatoms. The van der Waals surface area contributed by atoms with E-state index in [1.165, 1.54) is 0 Å². The normalized spacial score (nSPS) is 13.4. The van der Waals surface area contributed by atoms with Crippen molar-refractivity contribution in [2.75, 3.05) is 5.33 Å². The maximum absolute atomic E-state index is 9.57. The molecule has 2 nitrogen and oxygen atoms in total. The van der Waals surface area contributed by atoms with Crippen molar-refractivity contribution < 1.29 is 5.11 Å². The third kappa shape index (κ3) is 1.62. The number of hydrogen-bond donors (Lipinski definition) is 2. The highest BCUT2D eigenvalue weighted by Gasteiger charge is 2.05. The van der Waals surface area contributed by atoms with E-state index in [4.69, 9.17) is 0 Å². The van der Waals surface area contributed by atoms with Crippen LogP contribution in [0.25, 0.3) is 10.9 Å². The van der Waals surface area contributed by atoms with Crippen molar-refractivity contribution in [1.82, 2.24) is 4.98 Å². The molecule has 2 aromatic rings. The van der Waals surface area contributed by atoms with Gasteiger partial charge in [-0.3, -0.25) is 0 Å². The Morgan fingerprint density at radius 1 is 1.38 bits per heavy atom. The Balaban J connectivity index is 2.48. The first-order chi connectivity index (χ1) is 6.31. The number of aliphatic hydroxyl groups excluding tert-OH is 1. The highest BCUT2D eigenvalue weighted by molar-refractivity contribution is 9.09. The van der Waals surface area contributed by atoms with E-state index in [1.54, 1.807) is 0 Å². The van der Waals surface area contributed by atoms with Crippen LogP contribution in [0, 0.1) is 0 Å². The number of H-pyrrole nitrogens is 1. The average molecular weight is 240 g/mol. The summed E-state index contributed by atoms with van der Waals surface area (Å²) < 4.78 is 0. The lowest BCUT2D eigenvalue weighted by atomic mass is 10.1. The van der Waals surface area contributed by atoms with E-state index in [9.17, 15) is 5.11 Å². The van der Waals surface area contributed by atoms with Gasteiger partial charge in [0.25, 0.3) is 0 Å². The van der Waals surface area contributed by atoms with E-state index in [0.29, 0.717) is 5.33 Å². The van der Waals surface area contributed by atoms with Gasteiger partial charge in [0.2, 0.25) is 0 Å². The van der Waals surface area contributed by atoms with E-state index >= 15 is 0 Å². The van der Waals surface area contributed by atoms with Crippen molar-refractivity contribution in [3.63, 3.8) is 0 Å². The minimum Gasteiger partial charge on any atom is -0.388 e. The zero-order chi connectivity index (χ0) is 9.26. The second kappa shape index (κ2) is 3.52. The standard InChI is InChI=1S/C10H10BrNO/c11-6-10(13)8-1-2-9-7(5-8)3-4-12-9/h1-5,10,12-13H,6H2. The molecule has 0 amide bonds. The maximum Gasteiger partial charge on any atom is 0.0887 e. The van der Waals surface area contributed by atoms with Crippen molar-refractivity contribution in [2.24, 2.45) is 0 Å². The number of benzene rings is 1. The highest BCUT2D eigenvalue weighted by Crippen LogP contribution is 2.20. The number of nitrogens with one attached hydrogen (secondary N) is 1. The number of aromatic nitrogens is 1. The zero-order valence-corrected chi connectivity index (χ0v) is 8.58. The number of hydrogen-bond acceptors (Lipinski definition) is 1. The Morgan fingerprint density at radius 3 is 3.00 bits per heavy atom. The summed E-state index contributed by atoms with van der Waals surface area (Å²) in [6, 6.07) is 7.92. The fourth-order valence-electron chi connectivity index (χ4n) is 1.37. The van der Waals surface area contributed by atoms with Crippen molar-refractivity contribution in [2.45, 2.75) is 6.10 Å². The molecule has 0 aliphatic rings. The number of halogens is 1. The molecule has 0 spiro atoms. The molecule has 0 saturated carbocycles. The molecular weight excluding hydrogens is 230 g/mol. The number of alkyl halides is 1. The maximum atomic E-state index is 9.57. The van der Waals surface area contributed by atoms with Crippen LogP contribution < -0.4 is 0 Å². The van der Waals surface area contributed by atoms with Gasteiger partial charge in [0, 0.05) is 17.0 Å². The molecular formula is C10H10BrNO. The van der Waals surface area contributed by atoms with Crippen LogP contribution in [-0.2, 0) is 0 Å². The van der Waals surface area contributed by atoms with E-state index in [1.807, 2.05) is 30.5 Å². The Bertz CT molecular complexity index is 410. The monoisotopic (exact) mass is 239 g/mol. The summed E-state index contributed by atoms with van der Waals surface area (Å²) >= 11 is 3.25. The summed E-state index contributed by atoms with van der Waals surface area (Å²) in [6.45, 7) is 0. The smallest absolute Gasteiger partial charge is 0.0887 e. The van der Waals surface area contributed by atoms with Crippen LogP contribution in [0.3, 0.4) is 0 Å². The summed E-state index contributed by atoms with van der Waals surface area (Å²) in [7, 11) is 0. The molecule has 13 heavy (non-hydrogen) atoms. The summed E-state index contributed by atoms with van der Waals surface area (Å²) in [6.07, 6.45) is 1.48. The molecule has 0 bridgehead atoms. The first-order valence-corrected chi connectivity index (χ1v) is 5.24. The summed E-state index contributed by atoms with van der Waals surface area (Å²) in [5.74, 6) is 0. The van der Waals surface area contributed by atoms with Gasteiger partial charge >= 0.3 is 0 Å². The van der Waals surface area contributed by atoms with Gasteiger partial charge in [-0.1, -0.05) is 22.0 Å². The van der Waals surface area contributed by atoms with E-state index < -0.39 is 6.10 Å². The molecule has 0 aliphatic carbocycles. The van der Waals surface area contributed by atoms with E-state index in [0.717, 1.165) is 16.5 Å². The number of rotatable bonds is 2. The average Bonchev–Trinajstić information content (AvgIpc) is 2.63. The molecule has 68 valence electrons. The van der Waals surface area contributed by atoms with Gasteiger partial charge in [0.05, 0.1) is 6.10 Å². The van der Waals surface area contributed by atoms with Crippen LogP contribution in [0.2, 0.25) is 0 Å². The molecule has 1 atom stereocenters. The fraction of sp³-hybridized carbons (Fsp3) is 0.200. The largest absolute Gasteiger partial charge is 0.388 e. The fourth-order valence-corrected chi connectivity index (χ4v) is 1.74. The third-order valence-corrected chi connectivity index (χ3v) is 2.72. The Hall–Kier alpha value is -0.800. The van der Waals surface area contributed by atoms with Gasteiger partial charge < -0.3 is 10.1 Å². The second-order valence-electron chi connectivity index (χ2n) is 2.99. The molecule has 1 heterocycles. The summed E-state index contributed by atoms with van der Waals surface area (Å²) in [4.78, 5) is 3.11. The SMILES string of the molecule is OC(CBr)c1ccc2[nH]ccc2c1. The predicted molar refractivity (Wildman–Crippen MR) is 57.1 cm³/mol. The van der Waals surface area contributed by atoms with Crippen LogP contribution >= 0.6 is 15.9 Å². The van der Waals surface area contributed by atoms with Crippen LogP contribution in [0.4, 0.5) is 0 Å². The molecule has 0 radical (unpaired) electrons. The van der Waals surface area contributed by atoms with Gasteiger partial charge in [0.15, 0.2) is 0 Å². The van der Waals surface area contributed by atoms with E-state index in [2.05, 4.69) is 20.9 Å². The highest BCUT2D eigenvalue weighted by atomic mass is 79.9. The Kier molecular flexibility index (Phi) is 2.38. The minimum absolute atomic E-state index is 0.417. The van der Waals surface area contributed by atoms with Crippen LogP contribution in [-0.4, -0.2) is 15.4 Å². The predicted octanol–water partition coefficient (Wildman–Crippen LogP) is 2.60. The molecule has 1 aromatic carbocycles. The van der Waals surface area contributed by atoms with Crippen LogP contribution in [0.5, 0.6) is 0 Å². The molecule has 1 unspecified atom stereocenters. The van der Waals surface area contributed by atoms with Crippen molar-refractivity contribution in [3.8, 4) is 0 Å². The summed E-state index contributed by atoms with van der Waals surface area (Å²) in [5.41, 5.74) is 2.05. The van der Waals surface area contributed by atoms with E-state index in [-0.39, 0.29) is 0 Å². The van der Waals surface area contributed by atoms with Crippen LogP contribution in [0.15, 0.2) is 30.5 Å². The molecule has 1 aromatic heterocycles. The van der Waals surface area contributed by atoms with Gasteiger partial charge in [0.1, 0.15) is 0 Å². The first kappa shape index (κ1) is 8.78. The van der Waals surface area contributed by atoms with Gasteiger partial charge in [-0.2, -0.15) is 0 Å². The second-order valence-corrected chi connectivity index (χ2v) is 3.64. The molecule has 2 rings (SSSR count). The zero-order valence-electron chi connectivity index (χ0n) is 7.00. The lowest BCUT2D eigenvalue weighted by Crippen LogP contribution is -1.97. The van der Waals surface area contributed by atoms with Gasteiger partial charge in [-0.05, 0) is 29.1 Å². The third-order valence-electron chi connectivity index (χ3n) is 2.11. The Labute approximate surface area is 84.7 Å². The van der Waals surface area contributed by atoms with Gasteiger partial charge in [-0.25, -0.2) is 0 Å². The Morgan fingerprint density at radius 2 is 2.23 bits per heavy atom. The molecule has 0 aliphatic heterocycles. The van der Waals surface area contributed by atoms with Crippen molar-refractivity contribution >= 4 is 26.8 Å². The molecule has 2 N–H and O–H groups in total. The summed E-state index contributed by atoms with van der Waals surface area (Å²) in [5, 5.41) is 11.3. The van der Waals surface area contributed by atoms with Crippen molar-refractivity contribution in [1.29, 1.82) is 0 Å². The first-order valence-electron chi connectivity index (χ1n) is 4.12. The lowest BCUT2D eigenvalue weighted by molar-refractivity contribution is 0.205. The number of fused-ring (bicyclic) bond motifs is 1. The number of aliphatic hydroxyl groups is 1. The minimum atomic E-state index is -0.417. The van der Waals surface area contributed by atoms with Crippen LogP contribution in [0.1, 0.15) is 11.7 Å². The molecule has 0 fully saturated rings.